The zero-order valence-electron chi connectivity index (χ0n) is 17.0. The van der Waals surface area contributed by atoms with Crippen molar-refractivity contribution in [2.45, 2.75) is 6.42 Å². The Hall–Kier alpha value is -4.51. The number of aromatic amines is 1. The van der Waals surface area contributed by atoms with E-state index in [1.807, 2.05) is 48.5 Å². The number of anilines is 1. The van der Waals surface area contributed by atoms with Crippen molar-refractivity contribution in [3.05, 3.63) is 77.3 Å². The molecule has 162 valence electrons. The number of carbonyl (C=O) groups is 2. The molecule has 0 unspecified atom stereocenters. The number of amides is 2. The van der Waals surface area contributed by atoms with Crippen molar-refractivity contribution < 1.29 is 9.59 Å². The molecule has 5 aromatic rings. The van der Waals surface area contributed by atoms with Gasteiger partial charge in [0.25, 0.3) is 5.91 Å². The molecule has 0 fully saturated rings. The van der Waals surface area contributed by atoms with Crippen LogP contribution in [0.1, 0.15) is 21.2 Å². The summed E-state index contributed by atoms with van der Waals surface area (Å²) in [6.45, 7) is 0. The van der Waals surface area contributed by atoms with E-state index in [1.54, 1.807) is 6.21 Å². The van der Waals surface area contributed by atoms with Gasteiger partial charge in [0.15, 0.2) is 0 Å². The molecule has 5 rings (SSSR count). The lowest BCUT2D eigenvalue weighted by molar-refractivity contribution is -0.120. The van der Waals surface area contributed by atoms with Crippen LogP contribution in [-0.2, 0) is 11.2 Å². The number of benzene rings is 3. The van der Waals surface area contributed by atoms with Crippen molar-refractivity contribution in [3.63, 3.8) is 0 Å². The summed E-state index contributed by atoms with van der Waals surface area (Å²) in [6.07, 6.45) is 2.86. The Kier molecular flexibility index (Phi) is 5.52. The van der Waals surface area contributed by atoms with Crippen LogP contribution >= 0.6 is 11.3 Å². The quantitative estimate of drug-likeness (QED) is 0.204. The third-order valence-corrected chi connectivity index (χ3v) is 5.66. The predicted octanol–water partition coefficient (Wildman–Crippen LogP) is 2.91. The number of carbonyl (C=O) groups excluding carboxylic acids is 2. The van der Waals surface area contributed by atoms with Crippen LogP contribution in [0.3, 0.4) is 0 Å². The Morgan fingerprint density at radius 2 is 1.76 bits per heavy atom. The first-order valence-electron chi connectivity index (χ1n) is 9.89. The van der Waals surface area contributed by atoms with Crippen LogP contribution in [0, 0.1) is 0 Å². The maximum absolute atomic E-state index is 12.4. The van der Waals surface area contributed by atoms with Gasteiger partial charge in [-0.25, -0.2) is 10.4 Å². The summed E-state index contributed by atoms with van der Waals surface area (Å²) in [5, 5.41) is 25.6. The molecule has 0 saturated carbocycles. The van der Waals surface area contributed by atoms with Crippen molar-refractivity contribution in [1.29, 1.82) is 0 Å². The maximum atomic E-state index is 12.4. The Morgan fingerprint density at radius 1 is 1.03 bits per heavy atom. The zero-order valence-corrected chi connectivity index (χ0v) is 17.8. The molecule has 3 N–H and O–H groups in total. The molecule has 0 saturated heterocycles. The van der Waals surface area contributed by atoms with Gasteiger partial charge in [-0.3, -0.25) is 20.0 Å². The normalized spacial score (nSPS) is 11.3. The van der Waals surface area contributed by atoms with Gasteiger partial charge in [-0.15, -0.1) is 10.2 Å². The molecule has 0 radical (unpaired) electrons. The summed E-state index contributed by atoms with van der Waals surface area (Å²) in [4.78, 5) is 28.1. The van der Waals surface area contributed by atoms with Crippen molar-refractivity contribution in [2.75, 3.05) is 5.32 Å². The number of hydrazone groups is 1. The average molecular weight is 456 g/mol. The highest BCUT2D eigenvalue weighted by Gasteiger charge is 2.14. The van der Waals surface area contributed by atoms with Gasteiger partial charge in [0.1, 0.15) is 11.3 Å². The van der Waals surface area contributed by atoms with E-state index >= 15 is 0 Å². The Labute approximate surface area is 190 Å². The molecule has 0 spiro atoms. The zero-order chi connectivity index (χ0) is 22.6. The number of rotatable bonds is 6. The highest BCUT2D eigenvalue weighted by atomic mass is 32.1. The lowest BCUT2D eigenvalue weighted by atomic mass is 9.97. The summed E-state index contributed by atoms with van der Waals surface area (Å²) < 4.78 is 0. The number of nitrogens with zero attached hydrogens (tertiary/aromatic N) is 5. The Balaban J connectivity index is 1.27. The predicted molar refractivity (Wildman–Crippen MR) is 125 cm³/mol. The molecule has 0 aliphatic heterocycles. The molecule has 10 nitrogen and oxygen atoms in total. The van der Waals surface area contributed by atoms with Crippen molar-refractivity contribution in [1.82, 2.24) is 30.8 Å². The second-order valence-electron chi connectivity index (χ2n) is 6.99. The van der Waals surface area contributed by atoms with Crippen LogP contribution in [-0.4, -0.2) is 43.4 Å². The van der Waals surface area contributed by atoms with Crippen molar-refractivity contribution in [3.8, 4) is 0 Å². The van der Waals surface area contributed by atoms with E-state index in [-0.39, 0.29) is 23.3 Å². The number of fused-ring (bicyclic) bond motifs is 2. The van der Waals surface area contributed by atoms with Crippen LogP contribution in [0.2, 0.25) is 0 Å². The SMILES string of the molecule is O=C(Cc1nnc(NC(=O)c2ncn[nH]2)s1)N/N=C\c1c2ccccc2cc2ccccc12. The van der Waals surface area contributed by atoms with E-state index in [2.05, 4.69) is 47.3 Å². The summed E-state index contributed by atoms with van der Waals surface area (Å²) in [7, 11) is 0. The first-order chi connectivity index (χ1) is 16.2. The number of hydrogen-bond acceptors (Lipinski definition) is 8. The second kappa shape index (κ2) is 8.93. The Bertz CT molecular complexity index is 1440. The van der Waals surface area contributed by atoms with Gasteiger partial charge in [-0.05, 0) is 27.6 Å². The van der Waals surface area contributed by atoms with Gasteiger partial charge >= 0.3 is 0 Å². The van der Waals surface area contributed by atoms with Crippen LogP contribution in [0.4, 0.5) is 5.13 Å². The van der Waals surface area contributed by atoms with E-state index in [0.717, 1.165) is 38.4 Å². The van der Waals surface area contributed by atoms with Crippen LogP contribution < -0.4 is 10.7 Å². The summed E-state index contributed by atoms with van der Waals surface area (Å²) in [6, 6.07) is 18.2. The average Bonchev–Trinajstić information content (AvgIpc) is 3.51. The van der Waals surface area contributed by atoms with Gasteiger partial charge in [0.05, 0.1) is 12.6 Å². The van der Waals surface area contributed by atoms with E-state index in [9.17, 15) is 9.59 Å². The maximum Gasteiger partial charge on any atom is 0.294 e. The lowest BCUT2D eigenvalue weighted by Gasteiger charge is -2.07. The van der Waals surface area contributed by atoms with E-state index in [1.165, 1.54) is 6.33 Å². The second-order valence-corrected chi connectivity index (χ2v) is 8.05. The van der Waals surface area contributed by atoms with Crippen molar-refractivity contribution >= 4 is 56.0 Å². The van der Waals surface area contributed by atoms with E-state index in [4.69, 9.17) is 0 Å². The fourth-order valence-electron chi connectivity index (χ4n) is 3.38. The van der Waals surface area contributed by atoms with Crippen LogP contribution in [0.15, 0.2) is 66.0 Å². The van der Waals surface area contributed by atoms with Gasteiger partial charge in [-0.2, -0.15) is 10.2 Å². The molecule has 0 aliphatic rings. The minimum atomic E-state index is -0.494. The number of aromatic nitrogens is 5. The lowest BCUT2D eigenvalue weighted by Crippen LogP contribution is -2.19. The van der Waals surface area contributed by atoms with Gasteiger partial charge in [0.2, 0.25) is 16.9 Å². The summed E-state index contributed by atoms with van der Waals surface area (Å²) in [5.41, 5.74) is 3.47. The van der Waals surface area contributed by atoms with Crippen LogP contribution in [0.5, 0.6) is 0 Å². The molecular weight excluding hydrogens is 440 g/mol. The highest BCUT2D eigenvalue weighted by Crippen LogP contribution is 2.27. The first kappa shape index (κ1) is 20.4. The molecule has 0 bridgehead atoms. The molecule has 0 atom stereocenters. The molecule has 0 aliphatic carbocycles. The largest absolute Gasteiger partial charge is 0.294 e. The highest BCUT2D eigenvalue weighted by molar-refractivity contribution is 7.15. The fourth-order valence-corrected chi connectivity index (χ4v) is 4.11. The van der Waals surface area contributed by atoms with Crippen LogP contribution in [0.25, 0.3) is 21.5 Å². The fraction of sp³-hybridized carbons (Fsp3) is 0.0455. The first-order valence-corrected chi connectivity index (χ1v) is 10.7. The molecule has 3 aromatic carbocycles. The number of hydrogen-bond donors (Lipinski definition) is 3. The molecule has 11 heteroatoms. The molecule has 2 aromatic heterocycles. The van der Waals surface area contributed by atoms with Gasteiger partial charge in [0, 0.05) is 5.56 Å². The smallest absolute Gasteiger partial charge is 0.294 e. The minimum Gasteiger partial charge on any atom is -0.294 e. The molecule has 33 heavy (non-hydrogen) atoms. The van der Waals surface area contributed by atoms with Crippen molar-refractivity contribution in [2.24, 2.45) is 5.10 Å². The molecule has 2 amide bonds. The molecular formula is C22H16N8O2S. The van der Waals surface area contributed by atoms with Gasteiger partial charge in [-0.1, -0.05) is 59.9 Å². The Morgan fingerprint density at radius 3 is 2.45 bits per heavy atom. The number of H-pyrrole nitrogens is 1. The standard InChI is InChI=1S/C22H16N8O2S/c31-18(10-19-28-30-22(33-19)26-21(32)20-23-12-25-29-20)27-24-11-17-15-7-3-1-5-13(15)9-14-6-2-4-8-16(14)17/h1-9,11-12H,10H2,(H,27,31)(H,23,25,29)(H,26,30,32)/b24-11-. The third-order valence-electron chi connectivity index (χ3n) is 4.83. The van der Waals surface area contributed by atoms with Gasteiger partial charge < -0.3 is 0 Å². The van der Waals surface area contributed by atoms with E-state index in [0.29, 0.717) is 5.01 Å². The molecule has 2 heterocycles. The van der Waals surface area contributed by atoms with E-state index < -0.39 is 5.91 Å². The number of nitrogens with one attached hydrogen (secondary N) is 3. The monoisotopic (exact) mass is 456 g/mol. The topological polar surface area (TPSA) is 138 Å². The summed E-state index contributed by atoms with van der Waals surface area (Å²) in [5.74, 6) is -0.786. The minimum absolute atomic E-state index is 0.0243. The summed E-state index contributed by atoms with van der Waals surface area (Å²) >= 11 is 1.09. The third kappa shape index (κ3) is 4.43.